The zero-order valence-electron chi connectivity index (χ0n) is 31.9. The third-order valence-electron chi connectivity index (χ3n) is 11.9. The molecule has 0 radical (unpaired) electrons. The Morgan fingerprint density at radius 1 is 0.825 bits per heavy atom. The first-order valence-corrected chi connectivity index (χ1v) is 19.8. The number of rotatable bonds is 11. The summed E-state index contributed by atoms with van der Waals surface area (Å²) in [5.41, 5.74) is 4.93. The Bertz CT molecular complexity index is 2410. The second-order valence-corrected chi connectivity index (χ2v) is 15.4. The Balaban J connectivity index is 0.677. The van der Waals surface area contributed by atoms with Gasteiger partial charge in [0.05, 0.1) is 29.2 Å². The number of carbonyl (C=O) groups is 5. The minimum atomic E-state index is -0.992. The molecule has 1 N–H and O–H groups in total. The lowest BCUT2D eigenvalue weighted by atomic mass is 9.97. The van der Waals surface area contributed by atoms with Crippen molar-refractivity contribution in [2.75, 3.05) is 57.3 Å². The molecule has 1 unspecified atom stereocenters. The number of piperidine rings is 1. The summed E-state index contributed by atoms with van der Waals surface area (Å²) >= 11 is 0. The Hall–Kier alpha value is -6.15. The summed E-state index contributed by atoms with van der Waals surface area (Å²) in [7, 11) is 2.08. The molecule has 1 atom stereocenters. The average Bonchev–Trinajstić information content (AvgIpc) is 3.63. The summed E-state index contributed by atoms with van der Waals surface area (Å²) in [5.74, 6) is -0.490. The monoisotopic (exact) mass is 768 g/mol. The van der Waals surface area contributed by atoms with Gasteiger partial charge in [0, 0.05) is 93.2 Å². The van der Waals surface area contributed by atoms with Gasteiger partial charge in [-0.1, -0.05) is 12.1 Å². The molecule has 3 saturated heterocycles. The highest BCUT2D eigenvalue weighted by Crippen LogP contribution is 2.33. The Kier molecular flexibility index (Phi) is 9.65. The van der Waals surface area contributed by atoms with E-state index in [9.17, 15) is 24.0 Å². The van der Waals surface area contributed by atoms with Crippen LogP contribution in [0.25, 0.3) is 32.9 Å². The van der Waals surface area contributed by atoms with Gasteiger partial charge in [-0.3, -0.25) is 44.1 Å². The number of fused-ring (bicyclic) bond motifs is 4. The number of aromatic nitrogens is 3. The van der Waals surface area contributed by atoms with E-state index in [0.29, 0.717) is 25.4 Å². The third-order valence-corrected chi connectivity index (χ3v) is 11.9. The van der Waals surface area contributed by atoms with Crippen LogP contribution in [0.2, 0.25) is 0 Å². The van der Waals surface area contributed by atoms with Crippen LogP contribution in [0.4, 0.5) is 5.82 Å². The molecule has 7 heterocycles. The molecule has 0 bridgehead atoms. The molecule has 0 spiro atoms. The number of pyridine rings is 2. The minimum Gasteiger partial charge on any atom is -0.494 e. The molecule has 4 aliphatic rings. The SMILES string of the molecule is Cn1c2ccncc2c2ccc(-c3ccc(N4CC(C(=O)N5CCN(CCCCCOc6ccc7c(c6)C(=O)N(C6CCC(=O)NC6=O)C7=O)CC5)C4)nc3)cc21. The number of amides is 5. The second-order valence-electron chi connectivity index (χ2n) is 15.4. The van der Waals surface area contributed by atoms with Crippen LogP contribution >= 0.6 is 0 Å². The highest BCUT2D eigenvalue weighted by atomic mass is 16.5. The van der Waals surface area contributed by atoms with Gasteiger partial charge in [0.15, 0.2) is 0 Å². The molecule has 3 aromatic heterocycles. The molecule has 0 aliphatic carbocycles. The van der Waals surface area contributed by atoms with E-state index in [1.807, 2.05) is 29.6 Å². The van der Waals surface area contributed by atoms with Crippen molar-refractivity contribution in [1.29, 1.82) is 0 Å². The van der Waals surface area contributed by atoms with E-state index >= 15 is 0 Å². The second kappa shape index (κ2) is 15.1. The van der Waals surface area contributed by atoms with Crippen molar-refractivity contribution in [2.45, 2.75) is 38.1 Å². The number of aryl methyl sites for hydroxylation is 1. The molecule has 14 heteroatoms. The van der Waals surface area contributed by atoms with Gasteiger partial charge in [0.1, 0.15) is 17.6 Å². The predicted octanol–water partition coefficient (Wildman–Crippen LogP) is 4.02. The van der Waals surface area contributed by atoms with Crippen molar-refractivity contribution < 1.29 is 28.7 Å². The fourth-order valence-electron chi connectivity index (χ4n) is 8.59. The van der Waals surface area contributed by atoms with Gasteiger partial charge >= 0.3 is 0 Å². The van der Waals surface area contributed by atoms with Gasteiger partial charge in [0.25, 0.3) is 11.8 Å². The summed E-state index contributed by atoms with van der Waals surface area (Å²) in [6.45, 7) is 6.00. The highest BCUT2D eigenvalue weighted by molar-refractivity contribution is 6.23. The maximum absolute atomic E-state index is 13.3. The number of nitrogens with zero attached hydrogens (tertiary/aromatic N) is 7. The first-order chi connectivity index (χ1) is 27.7. The normalized spacial score (nSPS) is 19.0. The molecule has 4 aliphatic heterocycles. The molecule has 57 heavy (non-hydrogen) atoms. The lowest BCUT2D eigenvalue weighted by molar-refractivity contribution is -0.138. The van der Waals surface area contributed by atoms with E-state index in [4.69, 9.17) is 9.72 Å². The fraction of sp³-hybridized carbons (Fsp3) is 0.372. The summed E-state index contributed by atoms with van der Waals surface area (Å²) in [6.07, 6.45) is 8.67. The lowest BCUT2D eigenvalue weighted by Crippen LogP contribution is -2.58. The van der Waals surface area contributed by atoms with Crippen molar-refractivity contribution in [3.8, 4) is 16.9 Å². The Morgan fingerprint density at radius 2 is 1.63 bits per heavy atom. The van der Waals surface area contributed by atoms with Crippen molar-refractivity contribution >= 4 is 57.2 Å². The van der Waals surface area contributed by atoms with Crippen molar-refractivity contribution in [3.63, 3.8) is 0 Å². The van der Waals surface area contributed by atoms with Gasteiger partial charge in [-0.15, -0.1) is 0 Å². The quantitative estimate of drug-likeness (QED) is 0.154. The summed E-state index contributed by atoms with van der Waals surface area (Å²) < 4.78 is 8.12. The third kappa shape index (κ3) is 6.87. The van der Waals surface area contributed by atoms with Gasteiger partial charge in [-0.05, 0) is 80.3 Å². The molecule has 5 amide bonds. The molecule has 14 nitrogen and oxygen atoms in total. The number of anilines is 1. The van der Waals surface area contributed by atoms with Crippen LogP contribution in [0.1, 0.15) is 52.8 Å². The lowest BCUT2D eigenvalue weighted by Gasteiger charge is -2.43. The number of hydrogen-bond donors (Lipinski definition) is 1. The molecular weight excluding hydrogens is 725 g/mol. The molecule has 2 aromatic carbocycles. The zero-order valence-corrected chi connectivity index (χ0v) is 31.9. The number of ether oxygens (including phenoxy) is 1. The largest absolute Gasteiger partial charge is 0.494 e. The number of hydrogen-bond acceptors (Lipinski definition) is 10. The van der Waals surface area contributed by atoms with Crippen LogP contribution in [0.5, 0.6) is 5.75 Å². The Morgan fingerprint density at radius 3 is 2.42 bits per heavy atom. The van der Waals surface area contributed by atoms with Gasteiger partial charge in [-0.2, -0.15) is 0 Å². The molecule has 9 rings (SSSR count). The van der Waals surface area contributed by atoms with Crippen LogP contribution in [0.15, 0.2) is 73.2 Å². The molecule has 5 aromatic rings. The summed E-state index contributed by atoms with van der Waals surface area (Å²) in [6, 6.07) is 16.5. The van der Waals surface area contributed by atoms with Crippen LogP contribution in [-0.2, 0) is 21.4 Å². The van der Waals surface area contributed by atoms with Crippen molar-refractivity contribution in [3.05, 3.63) is 84.3 Å². The molecule has 3 fully saturated rings. The van der Waals surface area contributed by atoms with E-state index in [-0.39, 0.29) is 35.8 Å². The molecule has 0 saturated carbocycles. The number of unbranched alkanes of at least 4 members (excludes halogenated alkanes) is 2. The van der Waals surface area contributed by atoms with Gasteiger partial charge in [-0.25, -0.2) is 4.98 Å². The maximum atomic E-state index is 13.3. The first kappa shape index (κ1) is 36.5. The number of carbonyl (C=O) groups excluding carboxylic acids is 5. The predicted molar refractivity (Wildman–Crippen MR) is 213 cm³/mol. The summed E-state index contributed by atoms with van der Waals surface area (Å²) in [4.78, 5) is 79.8. The van der Waals surface area contributed by atoms with E-state index in [1.54, 1.807) is 18.2 Å². The van der Waals surface area contributed by atoms with Crippen LogP contribution in [0.3, 0.4) is 0 Å². The topological polar surface area (TPSA) is 150 Å². The average molecular weight is 769 g/mol. The number of imide groups is 2. The number of nitrogens with one attached hydrogen (secondary N) is 1. The number of piperazine rings is 1. The van der Waals surface area contributed by atoms with E-state index < -0.39 is 29.7 Å². The van der Waals surface area contributed by atoms with E-state index in [1.165, 1.54) is 5.39 Å². The van der Waals surface area contributed by atoms with Crippen LogP contribution < -0.4 is 15.0 Å². The van der Waals surface area contributed by atoms with Gasteiger partial charge in [0.2, 0.25) is 17.7 Å². The van der Waals surface area contributed by atoms with Crippen molar-refractivity contribution in [1.82, 2.24) is 34.6 Å². The maximum Gasteiger partial charge on any atom is 0.262 e. The van der Waals surface area contributed by atoms with Crippen LogP contribution in [0, 0.1) is 5.92 Å². The smallest absolute Gasteiger partial charge is 0.262 e. The van der Waals surface area contributed by atoms with Crippen molar-refractivity contribution in [2.24, 2.45) is 13.0 Å². The summed E-state index contributed by atoms with van der Waals surface area (Å²) in [5, 5.41) is 4.54. The zero-order chi connectivity index (χ0) is 39.2. The van der Waals surface area contributed by atoms with E-state index in [0.717, 1.165) is 90.3 Å². The standard InChI is InChI=1S/C43H44N8O6/c1-47-35-13-14-44-24-34(35)31-8-5-27(21-37(31)47)28-6-11-38(45-23-28)50-25-29(26-50)41(54)49-18-16-48(17-19-49)15-3-2-4-20-57-30-7-9-32-33(22-30)43(56)51(42(32)55)36-10-12-39(52)46-40(36)53/h5-9,11,13-14,21-24,29,36H,2-4,10,12,15-20,25-26H2,1H3,(H,46,52,53). The van der Waals surface area contributed by atoms with Gasteiger partial charge < -0.3 is 19.1 Å². The molecular formula is C43H44N8O6. The molecule has 292 valence electrons. The Labute approximate surface area is 329 Å². The highest BCUT2D eigenvalue weighted by Gasteiger charge is 2.45. The first-order valence-electron chi connectivity index (χ1n) is 19.8. The minimum absolute atomic E-state index is 0.00467. The fourth-order valence-corrected chi connectivity index (χ4v) is 8.59. The van der Waals surface area contributed by atoms with Crippen LogP contribution in [-0.4, -0.2) is 117 Å². The number of benzene rings is 2. The van der Waals surface area contributed by atoms with E-state index in [2.05, 4.69) is 62.0 Å².